The van der Waals surface area contributed by atoms with E-state index in [4.69, 9.17) is 9.47 Å². The minimum absolute atomic E-state index is 0.135. The van der Waals surface area contributed by atoms with Gasteiger partial charge in [0.2, 0.25) is 10.0 Å². The van der Waals surface area contributed by atoms with Gasteiger partial charge in [-0.2, -0.15) is 4.31 Å². The summed E-state index contributed by atoms with van der Waals surface area (Å²) in [4.78, 5) is 28.1. The Morgan fingerprint density at radius 3 is 2.50 bits per heavy atom. The fourth-order valence-electron chi connectivity index (χ4n) is 3.41. The Hall–Kier alpha value is -3.21. The fraction of sp³-hybridized carbons (Fsp3) is 0.273. The van der Waals surface area contributed by atoms with Gasteiger partial charge in [0.05, 0.1) is 23.7 Å². The molecule has 1 saturated heterocycles. The number of anilines is 1. The van der Waals surface area contributed by atoms with Crippen molar-refractivity contribution in [1.82, 2.24) is 9.29 Å². The molecule has 1 amide bonds. The number of hydrogen-bond donors (Lipinski definition) is 2. The molecule has 1 fully saturated rings. The first-order valence-corrected chi connectivity index (χ1v) is 11.6. The smallest absolute Gasteiger partial charge is 0.341 e. The monoisotopic (exact) mass is 457 g/mol. The lowest BCUT2D eigenvalue weighted by Gasteiger charge is -2.26. The summed E-state index contributed by atoms with van der Waals surface area (Å²) < 4.78 is 37.2. The molecule has 1 unspecified atom stereocenters. The van der Waals surface area contributed by atoms with Gasteiger partial charge in [0.25, 0.3) is 5.91 Å². The van der Waals surface area contributed by atoms with E-state index in [1.807, 2.05) is 18.2 Å². The Kier molecular flexibility index (Phi) is 6.26. The van der Waals surface area contributed by atoms with Crippen molar-refractivity contribution in [3.8, 4) is 0 Å². The Balaban J connectivity index is 1.38. The number of aromatic amines is 1. The van der Waals surface area contributed by atoms with Crippen molar-refractivity contribution in [3.63, 3.8) is 0 Å². The SMILES string of the molecule is CC(OC(=O)c1c[nH]c2ccccc12)C(=O)Nc1ccc(S(=O)(=O)N2CCOCC2)cc1. The van der Waals surface area contributed by atoms with Gasteiger partial charge < -0.3 is 19.8 Å². The van der Waals surface area contributed by atoms with Gasteiger partial charge in [0.1, 0.15) is 0 Å². The molecule has 1 aliphatic heterocycles. The van der Waals surface area contributed by atoms with E-state index in [0.29, 0.717) is 42.9 Å². The molecule has 1 atom stereocenters. The Labute approximate surface area is 185 Å². The molecule has 0 radical (unpaired) electrons. The highest BCUT2D eigenvalue weighted by molar-refractivity contribution is 7.89. The standard InChI is InChI=1S/C22H23N3O6S/c1-15(31-22(27)19-14-23-20-5-3-2-4-18(19)20)21(26)24-16-6-8-17(9-7-16)32(28,29)25-10-12-30-13-11-25/h2-9,14-15,23H,10-13H2,1H3,(H,24,26). The number of rotatable bonds is 6. The van der Waals surface area contributed by atoms with Gasteiger partial charge in [-0.25, -0.2) is 13.2 Å². The minimum Gasteiger partial charge on any atom is -0.449 e. The quantitative estimate of drug-likeness (QED) is 0.549. The zero-order valence-electron chi connectivity index (χ0n) is 17.4. The topological polar surface area (TPSA) is 118 Å². The van der Waals surface area contributed by atoms with Crippen LogP contribution in [0, 0.1) is 0 Å². The maximum Gasteiger partial charge on any atom is 0.341 e. The van der Waals surface area contributed by atoms with Crippen LogP contribution in [0.15, 0.2) is 59.6 Å². The van der Waals surface area contributed by atoms with E-state index in [0.717, 1.165) is 5.52 Å². The van der Waals surface area contributed by atoms with Crippen molar-refractivity contribution in [2.75, 3.05) is 31.6 Å². The molecule has 2 N–H and O–H groups in total. The second-order valence-electron chi connectivity index (χ2n) is 7.33. The zero-order chi connectivity index (χ0) is 22.7. The van der Waals surface area contributed by atoms with Gasteiger partial charge in [0, 0.05) is 35.9 Å². The fourth-order valence-corrected chi connectivity index (χ4v) is 4.82. The summed E-state index contributed by atoms with van der Waals surface area (Å²) in [7, 11) is -3.61. The molecule has 2 heterocycles. The average molecular weight is 458 g/mol. The molecule has 32 heavy (non-hydrogen) atoms. The van der Waals surface area contributed by atoms with Crippen molar-refractivity contribution in [2.45, 2.75) is 17.9 Å². The van der Waals surface area contributed by atoms with Crippen LogP contribution in [0.3, 0.4) is 0 Å². The van der Waals surface area contributed by atoms with Crippen LogP contribution in [0.2, 0.25) is 0 Å². The third-order valence-electron chi connectivity index (χ3n) is 5.19. The lowest BCUT2D eigenvalue weighted by molar-refractivity contribution is -0.123. The van der Waals surface area contributed by atoms with E-state index in [1.54, 1.807) is 12.3 Å². The molecule has 0 saturated carbocycles. The lowest BCUT2D eigenvalue weighted by atomic mass is 10.2. The van der Waals surface area contributed by atoms with E-state index in [2.05, 4.69) is 10.3 Å². The number of ether oxygens (including phenoxy) is 2. The van der Waals surface area contributed by atoms with E-state index in [-0.39, 0.29) is 4.90 Å². The number of fused-ring (bicyclic) bond motifs is 1. The van der Waals surface area contributed by atoms with Crippen LogP contribution in [0.1, 0.15) is 17.3 Å². The molecule has 3 aromatic rings. The van der Waals surface area contributed by atoms with Crippen molar-refractivity contribution in [2.24, 2.45) is 0 Å². The summed E-state index contributed by atoms with van der Waals surface area (Å²) in [5.74, 6) is -1.14. The first-order chi connectivity index (χ1) is 15.4. The van der Waals surface area contributed by atoms with E-state index >= 15 is 0 Å². The summed E-state index contributed by atoms with van der Waals surface area (Å²) in [6.45, 7) is 2.81. The molecule has 2 aromatic carbocycles. The zero-order valence-corrected chi connectivity index (χ0v) is 18.2. The average Bonchev–Trinajstić information content (AvgIpc) is 3.24. The van der Waals surface area contributed by atoms with Gasteiger partial charge in [-0.15, -0.1) is 0 Å². The number of morpholine rings is 1. The van der Waals surface area contributed by atoms with Gasteiger partial charge in [-0.3, -0.25) is 4.79 Å². The number of H-pyrrole nitrogens is 1. The first-order valence-electron chi connectivity index (χ1n) is 10.1. The van der Waals surface area contributed by atoms with Gasteiger partial charge in [-0.1, -0.05) is 18.2 Å². The largest absolute Gasteiger partial charge is 0.449 e. The van der Waals surface area contributed by atoms with Gasteiger partial charge >= 0.3 is 5.97 Å². The van der Waals surface area contributed by atoms with Crippen LogP contribution in [0.5, 0.6) is 0 Å². The first kappa shape index (κ1) is 22.0. The Morgan fingerprint density at radius 1 is 1.09 bits per heavy atom. The van der Waals surface area contributed by atoms with Crippen LogP contribution in [-0.4, -0.2) is 62.0 Å². The molecule has 10 heteroatoms. The van der Waals surface area contributed by atoms with E-state index in [1.165, 1.54) is 35.5 Å². The maximum atomic E-state index is 12.7. The molecular weight excluding hydrogens is 434 g/mol. The van der Waals surface area contributed by atoms with Gasteiger partial charge in [-0.05, 0) is 37.3 Å². The predicted molar refractivity (Wildman–Crippen MR) is 118 cm³/mol. The number of amides is 1. The number of esters is 1. The molecule has 0 aliphatic carbocycles. The summed E-state index contributed by atoms with van der Waals surface area (Å²) in [5, 5.41) is 3.35. The van der Waals surface area contributed by atoms with Crippen molar-refractivity contribution in [3.05, 3.63) is 60.3 Å². The number of carbonyl (C=O) groups excluding carboxylic acids is 2. The number of carbonyl (C=O) groups is 2. The summed E-state index contributed by atoms with van der Waals surface area (Å²) in [6.07, 6.45) is 0.499. The minimum atomic E-state index is -3.61. The van der Waals surface area contributed by atoms with Gasteiger partial charge in [0.15, 0.2) is 6.10 Å². The van der Waals surface area contributed by atoms with Crippen molar-refractivity contribution in [1.29, 1.82) is 0 Å². The van der Waals surface area contributed by atoms with Crippen molar-refractivity contribution < 1.29 is 27.5 Å². The Morgan fingerprint density at radius 2 is 1.78 bits per heavy atom. The highest BCUT2D eigenvalue weighted by atomic mass is 32.2. The third kappa shape index (κ3) is 4.52. The van der Waals surface area contributed by atoms with Crippen LogP contribution < -0.4 is 5.32 Å². The molecule has 9 nitrogen and oxygen atoms in total. The molecule has 1 aromatic heterocycles. The third-order valence-corrected chi connectivity index (χ3v) is 7.10. The lowest BCUT2D eigenvalue weighted by Crippen LogP contribution is -2.40. The second kappa shape index (κ2) is 9.11. The number of aromatic nitrogens is 1. The normalized spacial score (nSPS) is 15.9. The molecule has 0 spiro atoms. The predicted octanol–water partition coefficient (Wildman–Crippen LogP) is 2.37. The van der Waals surface area contributed by atoms with Crippen LogP contribution in [0.25, 0.3) is 10.9 Å². The Bertz CT molecular complexity index is 1230. The van der Waals surface area contributed by atoms with Crippen molar-refractivity contribution >= 4 is 38.5 Å². The van der Waals surface area contributed by atoms with Crippen LogP contribution in [0.4, 0.5) is 5.69 Å². The van der Waals surface area contributed by atoms with E-state index < -0.39 is 28.0 Å². The number of nitrogens with zero attached hydrogens (tertiary/aromatic N) is 1. The highest BCUT2D eigenvalue weighted by Crippen LogP contribution is 2.21. The van der Waals surface area contributed by atoms with E-state index in [9.17, 15) is 18.0 Å². The molecular formula is C22H23N3O6S. The summed E-state index contributed by atoms with van der Waals surface area (Å²) in [6, 6.07) is 13.2. The molecule has 168 valence electrons. The maximum absolute atomic E-state index is 12.7. The number of benzene rings is 2. The number of hydrogen-bond acceptors (Lipinski definition) is 6. The summed E-state index contributed by atoms with van der Waals surface area (Å²) in [5.41, 5.74) is 1.53. The number of sulfonamides is 1. The highest BCUT2D eigenvalue weighted by Gasteiger charge is 2.26. The molecule has 0 bridgehead atoms. The number of nitrogens with one attached hydrogen (secondary N) is 2. The van der Waals surface area contributed by atoms with Crippen LogP contribution in [-0.2, 0) is 24.3 Å². The summed E-state index contributed by atoms with van der Waals surface area (Å²) >= 11 is 0. The number of para-hydroxylation sites is 1. The second-order valence-corrected chi connectivity index (χ2v) is 9.26. The molecule has 1 aliphatic rings. The van der Waals surface area contributed by atoms with Crippen LogP contribution >= 0.6 is 0 Å². The molecule has 4 rings (SSSR count).